The van der Waals surface area contributed by atoms with Crippen LogP contribution in [0.3, 0.4) is 0 Å². The number of nitrogens with one attached hydrogen (secondary N) is 1. The topological polar surface area (TPSA) is 45.2 Å². The summed E-state index contributed by atoms with van der Waals surface area (Å²) < 4.78 is 0. The van der Waals surface area contributed by atoms with Crippen molar-refractivity contribution >= 4 is 11.8 Å². The third kappa shape index (κ3) is 3.55. The van der Waals surface area contributed by atoms with E-state index in [0.29, 0.717) is 5.92 Å². The molecular weight excluding hydrogens is 340 g/mol. The molecule has 3 rings (SSSR count). The molecule has 140 valence electrons. The summed E-state index contributed by atoms with van der Waals surface area (Å²) >= 11 is 1.86. The summed E-state index contributed by atoms with van der Waals surface area (Å²) in [7, 11) is 1.97. The molecule has 1 aromatic rings. The van der Waals surface area contributed by atoms with Crippen LogP contribution in [0.1, 0.15) is 43.9 Å². The highest BCUT2D eigenvalue weighted by Gasteiger charge is 2.46. The van der Waals surface area contributed by atoms with Gasteiger partial charge in [-0.25, -0.2) is 0 Å². The lowest BCUT2D eigenvalue weighted by molar-refractivity contribution is 0.00220. The Hall–Kier alpha value is -1.36. The van der Waals surface area contributed by atoms with Gasteiger partial charge in [-0.15, -0.1) is 18.3 Å². The van der Waals surface area contributed by atoms with Gasteiger partial charge in [0.1, 0.15) is 5.60 Å². The van der Waals surface area contributed by atoms with Gasteiger partial charge in [0, 0.05) is 11.9 Å². The van der Waals surface area contributed by atoms with Gasteiger partial charge in [0.05, 0.1) is 5.69 Å². The smallest absolute Gasteiger partial charge is 0.135 e. The molecule has 0 aromatic carbocycles. The first-order valence-corrected chi connectivity index (χ1v) is 10.6. The fourth-order valence-corrected chi connectivity index (χ4v) is 5.43. The molecule has 2 N–H and O–H groups in total. The molecule has 3 atom stereocenters. The highest BCUT2D eigenvalue weighted by atomic mass is 32.2. The van der Waals surface area contributed by atoms with E-state index in [1.54, 1.807) is 0 Å². The minimum absolute atomic E-state index is 0.141. The van der Waals surface area contributed by atoms with Crippen molar-refractivity contribution in [3.63, 3.8) is 0 Å². The summed E-state index contributed by atoms with van der Waals surface area (Å²) in [5.74, 6) is 1.36. The van der Waals surface area contributed by atoms with Crippen molar-refractivity contribution in [2.75, 3.05) is 13.6 Å². The molecule has 3 nitrogen and oxygen atoms in total. The van der Waals surface area contributed by atoms with E-state index in [2.05, 4.69) is 37.0 Å². The number of pyridine rings is 1. The second kappa shape index (κ2) is 8.55. The van der Waals surface area contributed by atoms with Crippen molar-refractivity contribution in [3.8, 4) is 0 Å². The van der Waals surface area contributed by atoms with E-state index in [1.165, 1.54) is 4.91 Å². The Morgan fingerprint density at radius 2 is 2.35 bits per heavy atom. The number of aromatic nitrogens is 1. The third-order valence-corrected chi connectivity index (χ3v) is 6.76. The third-order valence-electron chi connectivity index (χ3n) is 5.57. The second-order valence-electron chi connectivity index (χ2n) is 7.24. The molecule has 0 bridgehead atoms. The maximum absolute atomic E-state index is 12.2. The van der Waals surface area contributed by atoms with Gasteiger partial charge >= 0.3 is 0 Å². The maximum Gasteiger partial charge on any atom is 0.135 e. The molecule has 0 fully saturated rings. The number of hydrogen-bond donors (Lipinski definition) is 2. The van der Waals surface area contributed by atoms with Crippen LogP contribution >= 0.6 is 11.8 Å². The SMILES string of the molecule is C=C[C@H]1C=CC2=C(C1)SCc1cccnc1C2(O)C(CCC)CCNC. The number of rotatable bonds is 7. The van der Waals surface area contributed by atoms with Gasteiger partial charge in [-0.3, -0.25) is 4.98 Å². The van der Waals surface area contributed by atoms with Crippen molar-refractivity contribution in [1.82, 2.24) is 10.3 Å². The summed E-state index contributed by atoms with van der Waals surface area (Å²) in [6.45, 7) is 7.05. The minimum Gasteiger partial charge on any atom is -0.378 e. The Morgan fingerprint density at radius 3 is 3.08 bits per heavy atom. The number of thioether (sulfide) groups is 1. The van der Waals surface area contributed by atoms with Crippen LogP contribution < -0.4 is 5.32 Å². The van der Waals surface area contributed by atoms with Gasteiger partial charge in [-0.2, -0.15) is 0 Å². The van der Waals surface area contributed by atoms with Gasteiger partial charge in [0.2, 0.25) is 0 Å². The van der Waals surface area contributed by atoms with Gasteiger partial charge in [0.25, 0.3) is 0 Å². The van der Waals surface area contributed by atoms with Crippen molar-refractivity contribution < 1.29 is 5.11 Å². The van der Waals surface area contributed by atoms with Gasteiger partial charge in [0.15, 0.2) is 0 Å². The molecule has 4 heteroatoms. The highest BCUT2D eigenvalue weighted by molar-refractivity contribution is 8.02. The summed E-state index contributed by atoms with van der Waals surface area (Å²) in [5.41, 5.74) is 2.05. The molecule has 2 aliphatic rings. The predicted octanol–water partition coefficient (Wildman–Crippen LogP) is 4.56. The Kier molecular flexibility index (Phi) is 6.38. The van der Waals surface area contributed by atoms with Crippen LogP contribution in [0, 0.1) is 11.8 Å². The lowest BCUT2D eigenvalue weighted by Gasteiger charge is -2.39. The van der Waals surface area contributed by atoms with Gasteiger partial charge < -0.3 is 10.4 Å². The zero-order valence-corrected chi connectivity index (χ0v) is 16.7. The van der Waals surface area contributed by atoms with Crippen molar-refractivity contribution in [2.24, 2.45) is 11.8 Å². The average molecular weight is 371 g/mol. The van der Waals surface area contributed by atoms with Crippen LogP contribution in [0.25, 0.3) is 0 Å². The van der Waals surface area contributed by atoms with E-state index in [9.17, 15) is 5.11 Å². The standard InChI is InChI=1S/C22H30N2OS/c1-4-7-18(11-13-23-3)22(25)19-10-9-16(5-2)14-20(19)26-15-17-8-6-12-24-21(17)22/h5-6,8-10,12,16,18,23,25H,2,4,7,11,13-15H2,1,3H3/t16-,18?,22?/m0/s1. The van der Waals surface area contributed by atoms with Crippen LogP contribution in [-0.4, -0.2) is 23.7 Å². The molecule has 0 radical (unpaired) electrons. The van der Waals surface area contributed by atoms with Crippen LogP contribution in [-0.2, 0) is 11.4 Å². The lowest BCUT2D eigenvalue weighted by Crippen LogP contribution is -2.40. The monoisotopic (exact) mass is 370 g/mol. The summed E-state index contributed by atoms with van der Waals surface area (Å²) in [6.07, 6.45) is 12.0. The van der Waals surface area contributed by atoms with E-state index in [4.69, 9.17) is 4.98 Å². The minimum atomic E-state index is -1.02. The normalized spacial score (nSPS) is 26.0. The average Bonchev–Trinajstić information content (AvgIpc) is 2.80. The Labute approximate surface area is 161 Å². The molecule has 2 heterocycles. The van der Waals surface area contributed by atoms with Crippen LogP contribution in [0.4, 0.5) is 0 Å². The first kappa shape index (κ1) is 19.4. The maximum atomic E-state index is 12.2. The van der Waals surface area contributed by atoms with E-state index >= 15 is 0 Å². The molecule has 1 aromatic heterocycles. The summed E-state index contributed by atoms with van der Waals surface area (Å²) in [5, 5.41) is 15.5. The zero-order valence-electron chi connectivity index (χ0n) is 15.9. The number of allylic oxidation sites excluding steroid dienone is 3. The lowest BCUT2D eigenvalue weighted by atomic mass is 9.71. The Morgan fingerprint density at radius 1 is 1.50 bits per heavy atom. The van der Waals surface area contributed by atoms with Gasteiger partial charge in [-0.05, 0) is 66.8 Å². The number of nitrogens with zero attached hydrogens (tertiary/aromatic N) is 1. The first-order chi connectivity index (χ1) is 12.6. The molecule has 1 aliphatic carbocycles. The molecule has 0 saturated carbocycles. The van der Waals surface area contributed by atoms with Crippen molar-refractivity contribution in [2.45, 2.75) is 44.0 Å². The van der Waals surface area contributed by atoms with Crippen LogP contribution in [0.15, 0.2) is 53.6 Å². The summed E-state index contributed by atoms with van der Waals surface area (Å²) in [6, 6.07) is 4.10. The molecule has 1 aliphatic heterocycles. The van der Waals surface area contributed by atoms with Crippen LogP contribution in [0.2, 0.25) is 0 Å². The Bertz CT molecular complexity index is 712. The molecule has 2 unspecified atom stereocenters. The predicted molar refractivity (Wildman–Crippen MR) is 111 cm³/mol. The van der Waals surface area contributed by atoms with Crippen LogP contribution in [0.5, 0.6) is 0 Å². The van der Waals surface area contributed by atoms with E-state index in [-0.39, 0.29) is 5.92 Å². The first-order valence-electron chi connectivity index (χ1n) is 9.63. The number of aliphatic hydroxyl groups is 1. The molecule has 26 heavy (non-hydrogen) atoms. The second-order valence-corrected chi connectivity index (χ2v) is 8.31. The number of fused-ring (bicyclic) bond motifs is 1. The largest absolute Gasteiger partial charge is 0.378 e. The summed E-state index contributed by atoms with van der Waals surface area (Å²) in [4.78, 5) is 6.00. The van der Waals surface area contributed by atoms with E-state index in [1.807, 2.05) is 37.1 Å². The molecule has 0 amide bonds. The molecule has 0 saturated heterocycles. The fraction of sp³-hybridized carbons (Fsp3) is 0.500. The molecule has 0 spiro atoms. The van der Waals surface area contributed by atoms with Crippen molar-refractivity contribution in [3.05, 3.63) is 64.9 Å². The Balaban J connectivity index is 2.14. The van der Waals surface area contributed by atoms with Crippen molar-refractivity contribution in [1.29, 1.82) is 0 Å². The van der Waals surface area contributed by atoms with E-state index < -0.39 is 5.60 Å². The number of hydrogen-bond acceptors (Lipinski definition) is 4. The van der Waals surface area contributed by atoms with Gasteiger partial charge in [-0.1, -0.05) is 37.6 Å². The quantitative estimate of drug-likeness (QED) is 0.691. The molecular formula is C22H30N2OS. The zero-order chi connectivity index (χ0) is 18.6. The fourth-order valence-electron chi connectivity index (χ4n) is 4.18. The van der Waals surface area contributed by atoms with E-state index in [0.717, 1.165) is 54.8 Å². The highest BCUT2D eigenvalue weighted by Crippen LogP contribution is 2.51.